The summed E-state index contributed by atoms with van der Waals surface area (Å²) in [6.45, 7) is 0.865. The van der Waals surface area contributed by atoms with Gasteiger partial charge in [0.15, 0.2) is 0 Å². The summed E-state index contributed by atoms with van der Waals surface area (Å²) in [6, 6.07) is 25.1. The van der Waals surface area contributed by atoms with Gasteiger partial charge in [0.25, 0.3) is 11.7 Å². The molecule has 1 saturated heterocycles. The number of hydrogen-bond acceptors (Lipinski definition) is 5. The quantitative estimate of drug-likeness (QED) is 0.319. The zero-order valence-electron chi connectivity index (χ0n) is 18.3. The molecule has 1 N–H and O–H groups in total. The molecule has 1 amide bonds. The molecule has 0 aliphatic carbocycles. The monoisotopic (exact) mass is 443 g/mol. The summed E-state index contributed by atoms with van der Waals surface area (Å²) in [5.74, 6) is -0.971. The number of Topliss-reactive ketones (excluding diaryl/α,β-unsaturated/α-hetero) is 1. The molecule has 6 nitrogen and oxygen atoms in total. The Bertz CT molecular complexity index is 1160. The second-order valence-corrected chi connectivity index (χ2v) is 7.70. The Morgan fingerprint density at radius 1 is 0.939 bits per heavy atom. The van der Waals surface area contributed by atoms with Crippen LogP contribution in [0.15, 0.2) is 90.5 Å². The maximum absolute atomic E-state index is 13.0. The van der Waals surface area contributed by atoms with E-state index in [1.165, 1.54) is 12.0 Å². The first-order chi connectivity index (χ1) is 16.1. The van der Waals surface area contributed by atoms with E-state index in [1.54, 1.807) is 30.3 Å². The van der Waals surface area contributed by atoms with Gasteiger partial charge in [-0.2, -0.15) is 0 Å². The van der Waals surface area contributed by atoms with E-state index >= 15 is 0 Å². The Labute approximate surface area is 192 Å². The second kappa shape index (κ2) is 10.1. The number of rotatable bonds is 8. The Morgan fingerprint density at radius 2 is 1.64 bits per heavy atom. The number of amides is 1. The van der Waals surface area contributed by atoms with E-state index in [9.17, 15) is 14.7 Å². The normalized spacial score (nSPS) is 17.4. The Kier molecular flexibility index (Phi) is 6.86. The van der Waals surface area contributed by atoms with Crippen molar-refractivity contribution in [3.8, 4) is 5.75 Å². The van der Waals surface area contributed by atoms with Crippen LogP contribution in [0.3, 0.4) is 0 Å². The Morgan fingerprint density at radius 3 is 2.33 bits per heavy atom. The van der Waals surface area contributed by atoms with Crippen LogP contribution in [0.4, 0.5) is 0 Å². The van der Waals surface area contributed by atoms with Gasteiger partial charge in [-0.1, -0.05) is 72.8 Å². The summed E-state index contributed by atoms with van der Waals surface area (Å²) in [5.41, 5.74) is 2.23. The number of ketones is 1. The molecular formula is C27H25NO5. The number of likely N-dealkylation sites (tertiary alicyclic amines) is 1. The first-order valence-corrected chi connectivity index (χ1v) is 10.7. The number of nitrogens with zero attached hydrogens (tertiary/aromatic N) is 1. The van der Waals surface area contributed by atoms with Crippen LogP contribution in [0.25, 0.3) is 5.76 Å². The summed E-state index contributed by atoms with van der Waals surface area (Å²) < 4.78 is 11.1. The highest BCUT2D eigenvalue weighted by atomic mass is 16.5. The van der Waals surface area contributed by atoms with Gasteiger partial charge in [0, 0.05) is 19.2 Å². The molecule has 4 rings (SSSR count). The van der Waals surface area contributed by atoms with Crippen LogP contribution in [-0.2, 0) is 20.9 Å². The molecule has 1 fully saturated rings. The summed E-state index contributed by atoms with van der Waals surface area (Å²) in [6.07, 6.45) is 0. The molecule has 1 aliphatic rings. The highest BCUT2D eigenvalue weighted by Gasteiger charge is 2.45. The predicted molar refractivity (Wildman–Crippen MR) is 125 cm³/mol. The summed E-state index contributed by atoms with van der Waals surface area (Å²) in [5, 5.41) is 11.0. The molecule has 3 aromatic carbocycles. The molecule has 0 aromatic heterocycles. The zero-order valence-corrected chi connectivity index (χ0v) is 18.3. The number of ether oxygens (including phenoxy) is 2. The van der Waals surface area contributed by atoms with Gasteiger partial charge in [-0.3, -0.25) is 9.59 Å². The molecule has 0 radical (unpaired) electrons. The van der Waals surface area contributed by atoms with Crippen molar-refractivity contribution in [2.45, 2.75) is 12.6 Å². The maximum atomic E-state index is 13.0. The predicted octanol–water partition coefficient (Wildman–Crippen LogP) is 4.33. The van der Waals surface area contributed by atoms with Crippen LogP contribution in [0.1, 0.15) is 22.7 Å². The third-order valence-electron chi connectivity index (χ3n) is 5.55. The first-order valence-electron chi connectivity index (χ1n) is 10.7. The fraction of sp³-hybridized carbons (Fsp3) is 0.185. The van der Waals surface area contributed by atoms with Crippen LogP contribution in [-0.4, -0.2) is 42.0 Å². The fourth-order valence-corrected chi connectivity index (χ4v) is 3.91. The van der Waals surface area contributed by atoms with Gasteiger partial charge in [-0.15, -0.1) is 0 Å². The number of aliphatic hydroxyl groups excluding tert-OH is 1. The van der Waals surface area contributed by atoms with E-state index < -0.39 is 17.7 Å². The second-order valence-electron chi connectivity index (χ2n) is 7.70. The molecule has 0 spiro atoms. The molecular weight excluding hydrogens is 418 g/mol. The number of methoxy groups -OCH3 is 1. The van der Waals surface area contributed by atoms with E-state index in [0.29, 0.717) is 23.5 Å². The van der Waals surface area contributed by atoms with Crippen molar-refractivity contribution in [1.29, 1.82) is 0 Å². The minimum atomic E-state index is -0.749. The van der Waals surface area contributed by atoms with E-state index in [0.717, 1.165) is 5.56 Å². The highest BCUT2D eigenvalue weighted by Crippen LogP contribution is 2.40. The molecule has 33 heavy (non-hydrogen) atoms. The minimum absolute atomic E-state index is 0.0579. The smallest absolute Gasteiger partial charge is 0.295 e. The maximum Gasteiger partial charge on any atom is 0.295 e. The number of carbonyl (C=O) groups excluding carboxylic acids is 2. The van der Waals surface area contributed by atoms with Gasteiger partial charge >= 0.3 is 0 Å². The standard InChI is InChI=1S/C27H25NO5/c1-32-16-15-28-24(23(26(30)27(28)31)25(29)20-11-6-3-7-12-20)21-13-8-14-22(17-21)33-18-19-9-4-2-5-10-19/h2-14,17,24,29H,15-16,18H2,1H3. The number of benzene rings is 3. The summed E-state index contributed by atoms with van der Waals surface area (Å²) in [7, 11) is 1.54. The average molecular weight is 443 g/mol. The lowest BCUT2D eigenvalue weighted by Gasteiger charge is -2.25. The fourth-order valence-electron chi connectivity index (χ4n) is 3.91. The lowest BCUT2D eigenvalue weighted by molar-refractivity contribution is -0.140. The van der Waals surface area contributed by atoms with Crippen molar-refractivity contribution in [3.05, 3.63) is 107 Å². The molecule has 3 aromatic rings. The van der Waals surface area contributed by atoms with Crippen molar-refractivity contribution >= 4 is 17.4 Å². The lowest BCUT2D eigenvalue weighted by atomic mass is 9.95. The van der Waals surface area contributed by atoms with Crippen molar-refractivity contribution < 1.29 is 24.2 Å². The van der Waals surface area contributed by atoms with Gasteiger partial charge in [-0.05, 0) is 23.3 Å². The highest BCUT2D eigenvalue weighted by molar-refractivity contribution is 6.46. The largest absolute Gasteiger partial charge is 0.507 e. The molecule has 1 heterocycles. The molecule has 168 valence electrons. The molecule has 6 heteroatoms. The van der Waals surface area contributed by atoms with Crippen LogP contribution in [0, 0.1) is 0 Å². The minimum Gasteiger partial charge on any atom is -0.507 e. The van der Waals surface area contributed by atoms with Gasteiger partial charge in [0.1, 0.15) is 18.1 Å². The molecule has 0 bridgehead atoms. The molecule has 1 aliphatic heterocycles. The van der Waals surface area contributed by atoms with Gasteiger partial charge in [0.05, 0.1) is 18.2 Å². The molecule has 1 unspecified atom stereocenters. The van der Waals surface area contributed by atoms with Crippen LogP contribution in [0.2, 0.25) is 0 Å². The van der Waals surface area contributed by atoms with Gasteiger partial charge in [-0.25, -0.2) is 0 Å². The average Bonchev–Trinajstić information content (AvgIpc) is 3.12. The molecule has 0 saturated carbocycles. The van der Waals surface area contributed by atoms with Crippen LogP contribution >= 0.6 is 0 Å². The molecule has 1 atom stereocenters. The first kappa shape index (κ1) is 22.3. The van der Waals surface area contributed by atoms with Crippen molar-refractivity contribution in [1.82, 2.24) is 4.90 Å². The van der Waals surface area contributed by atoms with Gasteiger partial charge in [0.2, 0.25) is 0 Å². The third-order valence-corrected chi connectivity index (χ3v) is 5.55. The summed E-state index contributed by atoms with van der Waals surface area (Å²) >= 11 is 0. The van der Waals surface area contributed by atoms with E-state index in [-0.39, 0.29) is 24.5 Å². The van der Waals surface area contributed by atoms with Crippen LogP contribution < -0.4 is 4.74 Å². The van der Waals surface area contributed by atoms with Crippen LogP contribution in [0.5, 0.6) is 5.75 Å². The van der Waals surface area contributed by atoms with E-state index in [4.69, 9.17) is 9.47 Å². The van der Waals surface area contributed by atoms with E-state index in [1.807, 2.05) is 54.6 Å². The van der Waals surface area contributed by atoms with Gasteiger partial charge < -0.3 is 19.5 Å². The van der Waals surface area contributed by atoms with Crippen molar-refractivity contribution in [3.63, 3.8) is 0 Å². The number of carbonyl (C=O) groups is 2. The summed E-state index contributed by atoms with van der Waals surface area (Å²) in [4.78, 5) is 27.3. The van der Waals surface area contributed by atoms with E-state index in [2.05, 4.69) is 0 Å². The lowest BCUT2D eigenvalue weighted by Crippen LogP contribution is -2.32. The number of hydrogen-bond donors (Lipinski definition) is 1. The Hall–Kier alpha value is -3.90. The SMILES string of the molecule is COCCN1C(=O)C(=O)C(=C(O)c2ccccc2)C1c1cccc(OCc2ccccc2)c1. The topological polar surface area (TPSA) is 76.1 Å². The van der Waals surface area contributed by atoms with Crippen molar-refractivity contribution in [2.75, 3.05) is 20.3 Å². The van der Waals surface area contributed by atoms with Crippen molar-refractivity contribution in [2.24, 2.45) is 0 Å². The Balaban J connectivity index is 1.72. The zero-order chi connectivity index (χ0) is 23.2. The number of aliphatic hydroxyl groups is 1. The third kappa shape index (κ3) is 4.81.